The van der Waals surface area contributed by atoms with E-state index in [1.807, 2.05) is 42.3 Å². The first-order valence-electron chi connectivity index (χ1n) is 7.17. The lowest BCUT2D eigenvalue weighted by Gasteiger charge is -2.29. The van der Waals surface area contributed by atoms with Gasteiger partial charge in [-0.1, -0.05) is 0 Å². The minimum atomic E-state index is -0.354. The van der Waals surface area contributed by atoms with E-state index >= 15 is 0 Å². The molecule has 0 aliphatic heterocycles. The summed E-state index contributed by atoms with van der Waals surface area (Å²) in [5.41, 5.74) is 0. The summed E-state index contributed by atoms with van der Waals surface area (Å²) in [6.07, 6.45) is 1.98. The lowest BCUT2D eigenvalue weighted by molar-refractivity contribution is -0.919. The fourth-order valence-electron chi connectivity index (χ4n) is 1.32. The second kappa shape index (κ2) is 14.9. The summed E-state index contributed by atoms with van der Waals surface area (Å²) < 4.78 is 1.08. The predicted octanol–water partition coefficient (Wildman–Crippen LogP) is -6.43. The van der Waals surface area contributed by atoms with Gasteiger partial charge in [-0.25, -0.2) is 0 Å². The molecule has 2 unspecified atom stereocenters. The molecule has 0 aromatic heterocycles. The monoisotopic (exact) mass is 366 g/mol. The molecule has 140 valence electrons. The van der Waals surface area contributed by atoms with Crippen LogP contribution in [0.1, 0.15) is 25.7 Å². The van der Waals surface area contributed by atoms with Gasteiger partial charge in [0.25, 0.3) is 0 Å². The minimum Gasteiger partial charge on any atom is -1.00 e. The summed E-state index contributed by atoms with van der Waals surface area (Å²) in [6.45, 7) is 0.328. The Bertz CT molecular complexity index is 210. The summed E-state index contributed by atoms with van der Waals surface area (Å²) in [6, 6.07) is 0. The van der Waals surface area contributed by atoms with E-state index in [4.69, 9.17) is 10.2 Å². The summed E-state index contributed by atoms with van der Waals surface area (Å²) in [5, 5.41) is 35.7. The van der Waals surface area contributed by atoms with Gasteiger partial charge >= 0.3 is 0 Å². The van der Waals surface area contributed by atoms with E-state index in [-0.39, 0.29) is 50.5 Å². The van der Waals surface area contributed by atoms with Gasteiger partial charge in [-0.15, -0.1) is 0 Å². The first kappa shape index (κ1) is 30.2. The highest BCUT2D eigenvalue weighted by atomic mass is 35.5. The number of aliphatic hydroxyl groups excluding tert-OH is 4. The van der Waals surface area contributed by atoms with Crippen molar-refractivity contribution in [2.45, 2.75) is 38.1 Å². The highest BCUT2D eigenvalue weighted by Gasteiger charge is 2.19. The molecule has 22 heavy (non-hydrogen) atoms. The molecule has 0 aromatic carbocycles. The smallest absolute Gasteiger partial charge is 0.189 e. The van der Waals surface area contributed by atoms with Gasteiger partial charge in [0.05, 0.1) is 42.3 Å². The Labute approximate surface area is 148 Å². The zero-order valence-corrected chi connectivity index (χ0v) is 16.3. The van der Waals surface area contributed by atoms with Crippen LogP contribution in [0.2, 0.25) is 0 Å². The molecule has 2 atom stereocenters. The highest BCUT2D eigenvalue weighted by Crippen LogP contribution is 2.06. The normalized spacial score (nSPS) is 13.9. The fourth-order valence-corrected chi connectivity index (χ4v) is 1.32. The highest BCUT2D eigenvalue weighted by molar-refractivity contribution is 4.41. The third-order valence-electron chi connectivity index (χ3n) is 3.03. The lowest BCUT2D eigenvalue weighted by Crippen LogP contribution is -3.00. The Kier molecular flexibility index (Phi) is 20.5. The van der Waals surface area contributed by atoms with E-state index in [0.717, 1.165) is 0 Å². The van der Waals surface area contributed by atoms with Crippen molar-refractivity contribution in [1.82, 2.24) is 0 Å². The molecule has 0 fully saturated rings. The summed E-state index contributed by atoms with van der Waals surface area (Å²) in [7, 11) is 11.6. The molecule has 0 bridgehead atoms. The molecule has 0 rings (SSSR count). The van der Waals surface area contributed by atoms with E-state index in [1.54, 1.807) is 0 Å². The molecule has 0 saturated heterocycles. The van der Waals surface area contributed by atoms with Crippen LogP contribution in [0.15, 0.2) is 0 Å². The van der Waals surface area contributed by atoms with Crippen LogP contribution in [0, 0.1) is 0 Å². The second-order valence-electron chi connectivity index (χ2n) is 6.93. The average molecular weight is 367 g/mol. The van der Waals surface area contributed by atoms with Crippen molar-refractivity contribution in [2.24, 2.45) is 0 Å². The predicted molar refractivity (Wildman–Crippen MR) is 80.7 cm³/mol. The molecule has 6 nitrogen and oxygen atoms in total. The van der Waals surface area contributed by atoms with Crippen LogP contribution in [0.4, 0.5) is 0 Å². The van der Waals surface area contributed by atoms with Gasteiger partial charge in [-0.2, -0.15) is 0 Å². The van der Waals surface area contributed by atoms with E-state index in [9.17, 15) is 10.2 Å². The Morgan fingerprint density at radius 1 is 0.636 bits per heavy atom. The van der Waals surface area contributed by atoms with Gasteiger partial charge in [0, 0.05) is 26.1 Å². The van der Waals surface area contributed by atoms with Crippen molar-refractivity contribution in [3.05, 3.63) is 0 Å². The molecule has 0 aliphatic rings. The zero-order valence-electron chi connectivity index (χ0n) is 14.8. The molecule has 0 aliphatic carbocycles. The Hall–Kier alpha value is 0.340. The van der Waals surface area contributed by atoms with E-state index in [1.165, 1.54) is 0 Å². The Morgan fingerprint density at radius 2 is 0.864 bits per heavy atom. The first-order valence-corrected chi connectivity index (χ1v) is 7.17. The van der Waals surface area contributed by atoms with Crippen LogP contribution in [0.3, 0.4) is 0 Å². The molecule has 0 amide bonds. The maximum Gasteiger partial charge on any atom is 0.189 e. The molecule has 0 aromatic rings. The topological polar surface area (TPSA) is 80.9 Å². The van der Waals surface area contributed by atoms with Crippen molar-refractivity contribution in [3.63, 3.8) is 0 Å². The average Bonchev–Trinajstić information content (AvgIpc) is 2.31. The van der Waals surface area contributed by atoms with Gasteiger partial charge in [-0.05, 0) is 12.8 Å². The minimum absolute atomic E-state index is 0. The van der Waals surface area contributed by atoms with Crippen LogP contribution in [-0.4, -0.2) is 97.3 Å². The number of hydrogen-bond acceptors (Lipinski definition) is 4. The van der Waals surface area contributed by atoms with Gasteiger partial charge in [0.2, 0.25) is 0 Å². The summed E-state index contributed by atoms with van der Waals surface area (Å²) in [5.74, 6) is 0. The summed E-state index contributed by atoms with van der Waals surface area (Å²) >= 11 is 0. The fraction of sp³-hybridized carbons (Fsp3) is 1.00. The molecular formula is C14H36Cl2N2O4. The Balaban J connectivity index is -0.000000135. The van der Waals surface area contributed by atoms with E-state index < -0.39 is 0 Å². The third kappa shape index (κ3) is 18.4. The number of rotatable bonds is 8. The van der Waals surface area contributed by atoms with Crippen molar-refractivity contribution < 1.29 is 54.2 Å². The van der Waals surface area contributed by atoms with Crippen LogP contribution >= 0.6 is 0 Å². The lowest BCUT2D eigenvalue weighted by atomic mass is 10.2. The Morgan fingerprint density at radius 3 is 1.00 bits per heavy atom. The van der Waals surface area contributed by atoms with E-state index in [0.29, 0.717) is 34.6 Å². The molecule has 0 radical (unpaired) electrons. The van der Waals surface area contributed by atoms with Crippen LogP contribution < -0.4 is 24.8 Å². The molecule has 0 spiro atoms. The summed E-state index contributed by atoms with van der Waals surface area (Å²) in [4.78, 5) is 0. The van der Waals surface area contributed by atoms with Gasteiger partial charge in [-0.3, -0.25) is 0 Å². The van der Waals surface area contributed by atoms with Gasteiger partial charge in [0.1, 0.15) is 0 Å². The third-order valence-corrected chi connectivity index (χ3v) is 3.03. The standard InChI is InChI=1S/2C7H18NO2.2ClH/c2*1-8(2,3)7(10)5-4-6-9;;/h2*7,9-10H,4-6H2,1-3H3;2*1H/q2*+1;;/p-2. The largest absolute Gasteiger partial charge is 1.00 e. The van der Waals surface area contributed by atoms with Crippen molar-refractivity contribution in [3.8, 4) is 0 Å². The second-order valence-corrected chi connectivity index (χ2v) is 6.93. The van der Waals surface area contributed by atoms with Crippen molar-refractivity contribution >= 4 is 0 Å². The maximum atomic E-state index is 9.38. The number of nitrogens with zero attached hydrogens (tertiary/aromatic N) is 2. The van der Waals surface area contributed by atoms with Crippen LogP contribution in [0.5, 0.6) is 0 Å². The van der Waals surface area contributed by atoms with Crippen LogP contribution in [0.25, 0.3) is 0 Å². The first-order chi connectivity index (χ1) is 8.96. The molecular weight excluding hydrogens is 331 g/mol. The van der Waals surface area contributed by atoms with Gasteiger partial charge < -0.3 is 54.2 Å². The van der Waals surface area contributed by atoms with Gasteiger partial charge in [0.15, 0.2) is 12.5 Å². The molecule has 0 heterocycles. The molecule has 0 saturated carbocycles. The maximum absolute atomic E-state index is 9.38. The van der Waals surface area contributed by atoms with Crippen LogP contribution in [-0.2, 0) is 0 Å². The van der Waals surface area contributed by atoms with Crippen molar-refractivity contribution in [2.75, 3.05) is 55.5 Å². The molecule has 8 heteroatoms. The van der Waals surface area contributed by atoms with Crippen molar-refractivity contribution in [1.29, 1.82) is 0 Å². The number of aliphatic hydroxyl groups is 4. The SMILES string of the molecule is C[N+](C)(C)C(O)CCCO.C[N+](C)(C)C(O)CCCO.[Cl-].[Cl-]. The zero-order chi connectivity index (χ0) is 16.4. The molecule has 4 N–H and O–H groups in total. The number of hydrogen-bond donors (Lipinski definition) is 4. The van der Waals surface area contributed by atoms with E-state index in [2.05, 4.69) is 0 Å². The number of halogens is 2. The number of quaternary nitrogens is 2. The quantitative estimate of drug-likeness (QED) is 0.254.